The van der Waals surface area contributed by atoms with Crippen molar-refractivity contribution in [2.45, 2.75) is 31.3 Å². The lowest BCUT2D eigenvalue weighted by Gasteiger charge is -2.23. The molecule has 1 aromatic carbocycles. The molecule has 0 aliphatic rings. The zero-order valence-electron chi connectivity index (χ0n) is 15.4. The van der Waals surface area contributed by atoms with Gasteiger partial charge in [0.05, 0.1) is 0 Å². The van der Waals surface area contributed by atoms with Crippen molar-refractivity contribution in [1.82, 2.24) is 0 Å². The molecule has 162 valence electrons. The second-order valence-electron chi connectivity index (χ2n) is 6.10. The largest absolute Gasteiger partial charge is 0.395 e. The summed E-state index contributed by atoms with van der Waals surface area (Å²) in [4.78, 5) is 0. The number of hydrogen-bond acceptors (Lipinski definition) is 4. The van der Waals surface area contributed by atoms with Gasteiger partial charge in [-0.2, -0.15) is 34.4 Å². The first-order chi connectivity index (χ1) is 12.9. The monoisotopic (exact) mass is 458 g/mol. The highest BCUT2D eigenvalue weighted by Crippen LogP contribution is 2.44. The molecule has 0 spiro atoms. The van der Waals surface area contributed by atoms with Crippen LogP contribution in [0.3, 0.4) is 0 Å². The number of rotatable bonds is 7. The molecule has 29 heavy (non-hydrogen) atoms. The van der Waals surface area contributed by atoms with Crippen molar-refractivity contribution >= 4 is 25.8 Å². The summed E-state index contributed by atoms with van der Waals surface area (Å²) in [5.41, 5.74) is -4.54. The van der Waals surface area contributed by atoms with E-state index in [1.165, 1.54) is 26.8 Å². The summed E-state index contributed by atoms with van der Waals surface area (Å²) in [7, 11) is -12.0. The van der Waals surface area contributed by atoms with Gasteiger partial charge in [-0.25, -0.2) is 0 Å². The molecule has 0 radical (unpaired) electrons. The maximum absolute atomic E-state index is 14.4. The fourth-order valence-electron chi connectivity index (χ4n) is 2.24. The van der Waals surface area contributed by atoms with E-state index in [0.29, 0.717) is 12.1 Å². The standard InChI is InChI=1S/C17H18F4O6S2/c1-5-10(2)8-14(16(18,19)28(22,23)24)12(4)13-7-6-11(3)9-15(13)17(20,21)29(25,26)27/h5-9H,4H2,1-3H3,(H,22,23,24)(H,25,26,27)/b10-5-,14-8+. The maximum Gasteiger partial charge on any atom is 0.395 e. The Morgan fingerprint density at radius 1 is 1.07 bits per heavy atom. The summed E-state index contributed by atoms with van der Waals surface area (Å²) in [6.07, 6.45) is 1.89. The predicted octanol–water partition coefficient (Wildman–Crippen LogP) is 4.32. The second-order valence-corrected chi connectivity index (χ2v) is 9.03. The third-order valence-corrected chi connectivity index (χ3v) is 5.66. The first kappa shape index (κ1) is 25.0. The Balaban J connectivity index is 3.94. The van der Waals surface area contributed by atoms with E-state index < -0.39 is 53.0 Å². The summed E-state index contributed by atoms with van der Waals surface area (Å²) in [6.45, 7) is 7.22. The highest BCUT2D eigenvalue weighted by Gasteiger charge is 2.51. The Kier molecular flexibility index (Phi) is 6.91. The van der Waals surface area contributed by atoms with Crippen molar-refractivity contribution in [3.8, 4) is 0 Å². The van der Waals surface area contributed by atoms with E-state index >= 15 is 0 Å². The Labute approximate surface area is 165 Å². The third kappa shape index (κ3) is 4.94. The Morgan fingerprint density at radius 3 is 2.00 bits per heavy atom. The molecule has 0 aliphatic carbocycles. The number of allylic oxidation sites excluding steroid dienone is 4. The molecule has 0 aliphatic heterocycles. The molecule has 1 rings (SSSR count). The minimum absolute atomic E-state index is 0.0691. The van der Waals surface area contributed by atoms with Gasteiger partial charge in [-0.15, -0.1) is 0 Å². The zero-order valence-corrected chi connectivity index (χ0v) is 17.1. The van der Waals surface area contributed by atoms with Crippen molar-refractivity contribution in [3.05, 3.63) is 64.8 Å². The second kappa shape index (κ2) is 8.01. The fraction of sp³-hybridized carbons (Fsp3) is 0.294. The molecule has 0 amide bonds. The molecule has 0 unspecified atom stereocenters. The van der Waals surface area contributed by atoms with Crippen LogP contribution in [0, 0.1) is 6.92 Å². The number of benzene rings is 1. The van der Waals surface area contributed by atoms with Gasteiger partial charge < -0.3 is 0 Å². The lowest BCUT2D eigenvalue weighted by atomic mass is 9.92. The minimum Gasteiger partial charge on any atom is -0.281 e. The number of halogens is 4. The van der Waals surface area contributed by atoms with Gasteiger partial charge in [0, 0.05) is 11.1 Å². The number of hydrogen-bond donors (Lipinski definition) is 2. The third-order valence-electron chi connectivity index (χ3n) is 3.93. The number of aryl methyl sites for hydroxylation is 1. The van der Waals surface area contributed by atoms with Gasteiger partial charge in [-0.05, 0) is 44.1 Å². The average Bonchev–Trinajstić information content (AvgIpc) is 2.56. The van der Waals surface area contributed by atoms with Gasteiger partial charge in [-0.3, -0.25) is 9.11 Å². The molecule has 0 atom stereocenters. The van der Waals surface area contributed by atoms with Gasteiger partial charge >= 0.3 is 30.7 Å². The molecule has 0 bridgehead atoms. The molecule has 0 saturated heterocycles. The first-order valence-electron chi connectivity index (χ1n) is 7.73. The molecule has 0 heterocycles. The Morgan fingerprint density at radius 2 is 1.59 bits per heavy atom. The first-order valence-corrected chi connectivity index (χ1v) is 10.6. The molecule has 0 saturated carbocycles. The van der Waals surface area contributed by atoms with E-state index in [2.05, 4.69) is 6.58 Å². The summed E-state index contributed by atoms with van der Waals surface area (Å²) < 4.78 is 120. The maximum atomic E-state index is 14.4. The van der Waals surface area contributed by atoms with Crippen LogP contribution in [0.5, 0.6) is 0 Å². The van der Waals surface area contributed by atoms with E-state index in [9.17, 15) is 34.4 Å². The van der Waals surface area contributed by atoms with Crippen molar-refractivity contribution in [1.29, 1.82) is 0 Å². The highest BCUT2D eigenvalue weighted by molar-refractivity contribution is 7.87. The van der Waals surface area contributed by atoms with Crippen molar-refractivity contribution in [3.63, 3.8) is 0 Å². The fourth-order valence-corrected chi connectivity index (χ4v) is 3.15. The van der Waals surface area contributed by atoms with E-state index in [-0.39, 0.29) is 11.1 Å². The molecule has 0 aromatic heterocycles. The van der Waals surface area contributed by atoms with Crippen LogP contribution >= 0.6 is 0 Å². The molecule has 2 N–H and O–H groups in total. The van der Waals surface area contributed by atoms with Crippen LogP contribution in [0.4, 0.5) is 17.6 Å². The number of alkyl halides is 4. The van der Waals surface area contributed by atoms with Crippen LogP contribution in [0.1, 0.15) is 30.5 Å². The van der Waals surface area contributed by atoms with Gasteiger partial charge in [0.25, 0.3) is 0 Å². The van der Waals surface area contributed by atoms with Crippen LogP contribution in [0.15, 0.2) is 48.1 Å². The average molecular weight is 458 g/mol. The normalized spacial score (nSPS) is 14.8. The zero-order chi connectivity index (χ0) is 23.0. The summed E-state index contributed by atoms with van der Waals surface area (Å²) >= 11 is 0. The van der Waals surface area contributed by atoms with Crippen LogP contribution in [0.25, 0.3) is 5.57 Å². The molecule has 0 fully saturated rings. The van der Waals surface area contributed by atoms with Gasteiger partial charge in [0.2, 0.25) is 0 Å². The highest BCUT2D eigenvalue weighted by atomic mass is 32.2. The lowest BCUT2D eigenvalue weighted by molar-refractivity contribution is 0.0785. The molecular weight excluding hydrogens is 440 g/mol. The van der Waals surface area contributed by atoms with Crippen LogP contribution < -0.4 is 0 Å². The predicted molar refractivity (Wildman–Crippen MR) is 99.7 cm³/mol. The van der Waals surface area contributed by atoms with E-state index in [0.717, 1.165) is 12.1 Å². The minimum atomic E-state index is -6.04. The summed E-state index contributed by atoms with van der Waals surface area (Å²) in [5, 5.41) is -9.87. The molecule has 12 heteroatoms. The van der Waals surface area contributed by atoms with Gasteiger partial charge in [0.15, 0.2) is 0 Å². The van der Waals surface area contributed by atoms with Crippen LogP contribution in [-0.2, 0) is 25.5 Å². The SMILES string of the molecule is C=C(/C(=C\C(C)=C/C)C(F)(F)S(=O)(=O)O)c1ccc(C)cc1C(F)(F)S(=O)(=O)O. The molecule has 6 nitrogen and oxygen atoms in total. The molecule has 1 aromatic rings. The van der Waals surface area contributed by atoms with Crippen molar-refractivity contribution < 1.29 is 43.5 Å². The van der Waals surface area contributed by atoms with Crippen molar-refractivity contribution in [2.24, 2.45) is 0 Å². The van der Waals surface area contributed by atoms with E-state index in [1.54, 1.807) is 0 Å². The van der Waals surface area contributed by atoms with E-state index in [1.807, 2.05) is 0 Å². The van der Waals surface area contributed by atoms with Crippen LogP contribution in [0.2, 0.25) is 0 Å². The summed E-state index contributed by atoms with van der Waals surface area (Å²) in [6, 6.07) is 2.61. The van der Waals surface area contributed by atoms with Crippen molar-refractivity contribution in [2.75, 3.05) is 0 Å². The lowest BCUT2D eigenvalue weighted by Crippen LogP contribution is -2.32. The van der Waals surface area contributed by atoms with E-state index in [4.69, 9.17) is 9.11 Å². The quantitative estimate of drug-likeness (QED) is 0.358. The smallest absolute Gasteiger partial charge is 0.281 e. The van der Waals surface area contributed by atoms with Gasteiger partial charge in [-0.1, -0.05) is 35.9 Å². The Hall–Kier alpha value is -2.02. The summed E-state index contributed by atoms with van der Waals surface area (Å²) in [5.74, 6) is 0. The molecular formula is C17H18F4O6S2. The topological polar surface area (TPSA) is 109 Å². The van der Waals surface area contributed by atoms with Crippen LogP contribution in [-0.4, -0.2) is 31.2 Å². The Bertz CT molecular complexity index is 1100. The van der Waals surface area contributed by atoms with Gasteiger partial charge in [0.1, 0.15) is 0 Å².